The monoisotopic (exact) mass is 414 g/mol. The summed E-state index contributed by atoms with van der Waals surface area (Å²) in [6, 6.07) is 16.2. The Hall–Kier alpha value is -3.34. The number of nitrogens with zero attached hydrogens (tertiary/aromatic N) is 3. The second-order valence-corrected chi connectivity index (χ2v) is 8.32. The molecule has 0 saturated carbocycles. The van der Waals surface area contributed by atoms with Crippen LogP contribution in [-0.2, 0) is 0 Å². The standard InChI is InChI=1S/C26H30N4O/c1-18-8-7-9-25(20(18)3)30-19(2)16-23(21(30)4)17-27-28-26(31)22-10-12-24(13-11-22)29-14-5-6-15-29/h7-13,16-17H,5-6,14-15H2,1-4H3,(H,28,31)/b27-17-. The summed E-state index contributed by atoms with van der Waals surface area (Å²) in [5.74, 6) is -0.201. The SMILES string of the molecule is Cc1cccc(-n2c(C)cc(/C=N\NC(=O)c3ccc(N4CCCC4)cc3)c2C)c1C. The molecule has 0 bridgehead atoms. The summed E-state index contributed by atoms with van der Waals surface area (Å²) in [6.07, 6.45) is 4.20. The van der Waals surface area contributed by atoms with Crippen LogP contribution in [0.4, 0.5) is 5.69 Å². The zero-order valence-electron chi connectivity index (χ0n) is 18.8. The van der Waals surface area contributed by atoms with Crippen LogP contribution in [0.3, 0.4) is 0 Å². The smallest absolute Gasteiger partial charge is 0.271 e. The van der Waals surface area contributed by atoms with E-state index in [0.29, 0.717) is 5.56 Å². The molecular weight excluding hydrogens is 384 g/mol. The van der Waals surface area contributed by atoms with Gasteiger partial charge in [0.15, 0.2) is 0 Å². The summed E-state index contributed by atoms with van der Waals surface area (Å²) in [5, 5.41) is 4.22. The lowest BCUT2D eigenvalue weighted by molar-refractivity contribution is 0.0955. The largest absolute Gasteiger partial charge is 0.372 e. The highest BCUT2D eigenvalue weighted by molar-refractivity contribution is 5.95. The molecule has 1 fully saturated rings. The Balaban J connectivity index is 1.47. The Morgan fingerprint density at radius 1 is 1.00 bits per heavy atom. The minimum absolute atomic E-state index is 0.201. The quantitative estimate of drug-likeness (QED) is 0.468. The molecule has 0 spiro atoms. The Labute approximate surface area is 184 Å². The Kier molecular flexibility index (Phi) is 5.94. The van der Waals surface area contributed by atoms with E-state index in [-0.39, 0.29) is 5.91 Å². The molecule has 5 nitrogen and oxygen atoms in total. The number of benzene rings is 2. The maximum atomic E-state index is 12.5. The third kappa shape index (κ3) is 4.26. The maximum Gasteiger partial charge on any atom is 0.271 e. The van der Waals surface area contributed by atoms with Gasteiger partial charge in [0.1, 0.15) is 0 Å². The average molecular weight is 415 g/mol. The highest BCUT2D eigenvalue weighted by Gasteiger charge is 2.14. The second kappa shape index (κ2) is 8.80. The summed E-state index contributed by atoms with van der Waals surface area (Å²) in [4.78, 5) is 14.8. The van der Waals surface area contributed by atoms with Crippen LogP contribution >= 0.6 is 0 Å². The van der Waals surface area contributed by atoms with E-state index in [1.807, 2.05) is 24.3 Å². The van der Waals surface area contributed by atoms with Crippen LogP contribution in [0.25, 0.3) is 5.69 Å². The molecule has 2 aromatic carbocycles. The van der Waals surface area contributed by atoms with Gasteiger partial charge in [-0.3, -0.25) is 4.79 Å². The number of carbonyl (C=O) groups is 1. The minimum Gasteiger partial charge on any atom is -0.372 e. The van der Waals surface area contributed by atoms with Gasteiger partial charge in [-0.1, -0.05) is 12.1 Å². The van der Waals surface area contributed by atoms with Crippen molar-refractivity contribution in [3.63, 3.8) is 0 Å². The van der Waals surface area contributed by atoms with E-state index >= 15 is 0 Å². The van der Waals surface area contributed by atoms with Crippen molar-refractivity contribution >= 4 is 17.8 Å². The molecule has 1 amide bonds. The number of anilines is 1. The first-order chi connectivity index (χ1) is 15.0. The average Bonchev–Trinajstić information content (AvgIpc) is 3.39. The van der Waals surface area contributed by atoms with Gasteiger partial charge >= 0.3 is 0 Å². The summed E-state index contributed by atoms with van der Waals surface area (Å²) in [5.41, 5.74) is 11.4. The first kappa shape index (κ1) is 20.9. The summed E-state index contributed by atoms with van der Waals surface area (Å²) >= 11 is 0. The molecule has 160 valence electrons. The molecule has 1 aliphatic heterocycles. The maximum absolute atomic E-state index is 12.5. The zero-order chi connectivity index (χ0) is 22.0. The van der Waals surface area contributed by atoms with Crippen molar-refractivity contribution in [1.29, 1.82) is 0 Å². The van der Waals surface area contributed by atoms with Gasteiger partial charge in [-0.25, -0.2) is 5.43 Å². The third-order valence-corrected chi connectivity index (χ3v) is 6.26. The molecule has 1 aromatic heterocycles. The number of aromatic nitrogens is 1. The van der Waals surface area contributed by atoms with Gasteiger partial charge < -0.3 is 9.47 Å². The fourth-order valence-electron chi connectivity index (χ4n) is 4.29. The molecule has 1 aliphatic rings. The number of rotatable bonds is 5. The molecule has 0 radical (unpaired) electrons. The normalized spacial score (nSPS) is 13.9. The molecule has 0 aliphatic carbocycles. The van der Waals surface area contributed by atoms with Gasteiger partial charge in [-0.2, -0.15) is 5.10 Å². The number of carbonyl (C=O) groups excluding carboxylic acids is 1. The molecule has 5 heteroatoms. The van der Waals surface area contributed by atoms with E-state index in [9.17, 15) is 4.79 Å². The van der Waals surface area contributed by atoms with Crippen molar-refractivity contribution in [2.45, 2.75) is 40.5 Å². The van der Waals surface area contributed by atoms with E-state index < -0.39 is 0 Å². The molecular formula is C26H30N4O. The molecule has 3 aromatic rings. The van der Waals surface area contributed by atoms with Crippen LogP contribution in [0, 0.1) is 27.7 Å². The van der Waals surface area contributed by atoms with Crippen molar-refractivity contribution in [2.24, 2.45) is 5.10 Å². The molecule has 1 N–H and O–H groups in total. The summed E-state index contributed by atoms with van der Waals surface area (Å²) < 4.78 is 2.24. The van der Waals surface area contributed by atoms with Crippen molar-refractivity contribution in [3.05, 3.63) is 82.2 Å². The van der Waals surface area contributed by atoms with Gasteiger partial charge in [-0.15, -0.1) is 0 Å². The van der Waals surface area contributed by atoms with E-state index in [1.54, 1.807) is 6.21 Å². The number of hydrazone groups is 1. The lowest BCUT2D eigenvalue weighted by Gasteiger charge is -2.17. The van der Waals surface area contributed by atoms with Crippen molar-refractivity contribution in [3.8, 4) is 5.69 Å². The number of aryl methyl sites for hydroxylation is 2. The molecule has 4 rings (SSSR count). The third-order valence-electron chi connectivity index (χ3n) is 6.26. The van der Waals surface area contributed by atoms with E-state index in [0.717, 1.165) is 30.0 Å². The number of hydrogen-bond acceptors (Lipinski definition) is 3. The zero-order valence-corrected chi connectivity index (χ0v) is 18.8. The Morgan fingerprint density at radius 2 is 1.71 bits per heavy atom. The molecule has 0 unspecified atom stereocenters. The fraction of sp³-hybridized carbons (Fsp3) is 0.308. The molecule has 31 heavy (non-hydrogen) atoms. The summed E-state index contributed by atoms with van der Waals surface area (Å²) in [6.45, 7) is 10.6. The second-order valence-electron chi connectivity index (χ2n) is 8.32. The number of hydrogen-bond donors (Lipinski definition) is 1. The van der Waals surface area contributed by atoms with Crippen LogP contribution in [0.15, 0.2) is 53.6 Å². The highest BCUT2D eigenvalue weighted by atomic mass is 16.2. The van der Waals surface area contributed by atoms with E-state index in [4.69, 9.17) is 0 Å². The lowest BCUT2D eigenvalue weighted by Crippen LogP contribution is -2.19. The van der Waals surface area contributed by atoms with Crippen molar-refractivity contribution in [1.82, 2.24) is 9.99 Å². The van der Waals surface area contributed by atoms with Crippen molar-refractivity contribution in [2.75, 3.05) is 18.0 Å². The molecule has 0 atom stereocenters. The number of amides is 1. The van der Waals surface area contributed by atoms with Gasteiger partial charge in [0, 0.05) is 47.0 Å². The van der Waals surface area contributed by atoms with Gasteiger partial charge in [-0.05, 0) is 88.1 Å². The molecule has 1 saturated heterocycles. The Morgan fingerprint density at radius 3 is 2.42 bits per heavy atom. The predicted octanol–water partition coefficient (Wildman–Crippen LogP) is 5.08. The highest BCUT2D eigenvalue weighted by Crippen LogP contribution is 2.24. The molecule has 2 heterocycles. The number of nitrogens with one attached hydrogen (secondary N) is 1. The summed E-state index contributed by atoms with van der Waals surface area (Å²) in [7, 11) is 0. The van der Waals surface area contributed by atoms with Crippen LogP contribution in [0.1, 0.15) is 51.3 Å². The van der Waals surface area contributed by atoms with Crippen LogP contribution in [0.2, 0.25) is 0 Å². The first-order valence-electron chi connectivity index (χ1n) is 10.9. The minimum atomic E-state index is -0.201. The van der Waals surface area contributed by atoms with Gasteiger partial charge in [0.2, 0.25) is 0 Å². The van der Waals surface area contributed by atoms with Gasteiger partial charge in [0.25, 0.3) is 5.91 Å². The van der Waals surface area contributed by atoms with E-state index in [1.165, 1.54) is 35.3 Å². The van der Waals surface area contributed by atoms with Crippen LogP contribution in [-0.4, -0.2) is 29.8 Å². The van der Waals surface area contributed by atoms with E-state index in [2.05, 4.69) is 72.0 Å². The lowest BCUT2D eigenvalue weighted by atomic mass is 10.1. The fourth-order valence-corrected chi connectivity index (χ4v) is 4.29. The van der Waals surface area contributed by atoms with Gasteiger partial charge in [0.05, 0.1) is 6.21 Å². The van der Waals surface area contributed by atoms with Crippen LogP contribution < -0.4 is 10.3 Å². The Bertz CT molecular complexity index is 1120. The predicted molar refractivity (Wildman–Crippen MR) is 128 cm³/mol. The first-order valence-corrected chi connectivity index (χ1v) is 10.9. The topological polar surface area (TPSA) is 49.6 Å². The van der Waals surface area contributed by atoms with Crippen LogP contribution in [0.5, 0.6) is 0 Å². The van der Waals surface area contributed by atoms with Crippen molar-refractivity contribution < 1.29 is 4.79 Å².